The lowest BCUT2D eigenvalue weighted by Crippen LogP contribution is -2.15. The molecule has 0 spiro atoms. The second-order valence-electron chi connectivity index (χ2n) is 4.82. The van der Waals surface area contributed by atoms with Crippen LogP contribution in [0.15, 0.2) is 36.5 Å². The number of pyridine rings is 1. The molecule has 5 heteroatoms. The maximum absolute atomic E-state index is 11.1. The number of carbonyl (C=O) groups is 1. The Kier molecular flexibility index (Phi) is 4.90. The number of nitrogens with two attached hydrogens (primary N) is 1. The number of amides is 1. The van der Waals surface area contributed by atoms with Gasteiger partial charge in [0.1, 0.15) is 0 Å². The Morgan fingerprint density at radius 2 is 2.10 bits per heavy atom. The molecule has 0 aliphatic rings. The average molecular weight is 285 g/mol. The summed E-state index contributed by atoms with van der Waals surface area (Å²) in [5.74, 6) is 0.207. The predicted octanol–water partition coefficient (Wildman–Crippen LogP) is 1.79. The number of nitrogens with zero attached hydrogens (tertiary/aromatic N) is 1. The standard InChI is InChI=1S/C16H19N3O2/c1-11-7-13(16(17)20)4-5-14(11)10-18-8-12-3-6-15(21-2)19-9-12/h3-7,9,18H,8,10H2,1-2H3,(H2,17,20). The maximum atomic E-state index is 11.1. The molecule has 3 N–H and O–H groups in total. The van der Waals surface area contributed by atoms with Crippen molar-refractivity contribution >= 4 is 5.91 Å². The van der Waals surface area contributed by atoms with Gasteiger partial charge in [0, 0.05) is 30.9 Å². The molecule has 0 aliphatic carbocycles. The summed E-state index contributed by atoms with van der Waals surface area (Å²) in [5.41, 5.74) is 9.07. The minimum Gasteiger partial charge on any atom is -0.481 e. The fourth-order valence-corrected chi connectivity index (χ4v) is 2.03. The lowest BCUT2D eigenvalue weighted by molar-refractivity contribution is 0.1000. The normalized spacial score (nSPS) is 10.4. The van der Waals surface area contributed by atoms with E-state index < -0.39 is 5.91 Å². The fraction of sp³-hybridized carbons (Fsp3) is 0.250. The third-order valence-corrected chi connectivity index (χ3v) is 3.28. The first-order valence-corrected chi connectivity index (χ1v) is 6.69. The highest BCUT2D eigenvalue weighted by Crippen LogP contribution is 2.11. The van der Waals surface area contributed by atoms with Crippen LogP contribution in [0.4, 0.5) is 0 Å². The topological polar surface area (TPSA) is 77.2 Å². The van der Waals surface area contributed by atoms with Crippen LogP contribution >= 0.6 is 0 Å². The molecule has 1 aromatic carbocycles. The van der Waals surface area contributed by atoms with Crippen LogP contribution in [0.1, 0.15) is 27.0 Å². The van der Waals surface area contributed by atoms with Gasteiger partial charge in [-0.15, -0.1) is 0 Å². The molecule has 2 aromatic rings. The van der Waals surface area contributed by atoms with E-state index in [2.05, 4.69) is 10.3 Å². The molecule has 1 heterocycles. The summed E-state index contributed by atoms with van der Waals surface area (Å²) in [6.07, 6.45) is 1.79. The quantitative estimate of drug-likeness (QED) is 0.848. The fourth-order valence-electron chi connectivity index (χ4n) is 2.03. The third kappa shape index (κ3) is 4.03. The van der Waals surface area contributed by atoms with Crippen LogP contribution in [0.3, 0.4) is 0 Å². The number of methoxy groups -OCH3 is 1. The Morgan fingerprint density at radius 3 is 2.67 bits per heavy atom. The number of aryl methyl sites for hydroxylation is 1. The third-order valence-electron chi connectivity index (χ3n) is 3.28. The smallest absolute Gasteiger partial charge is 0.248 e. The van der Waals surface area contributed by atoms with Crippen LogP contribution in [-0.2, 0) is 13.1 Å². The molecule has 21 heavy (non-hydrogen) atoms. The largest absolute Gasteiger partial charge is 0.481 e. The Bertz CT molecular complexity index is 624. The molecule has 0 saturated heterocycles. The van der Waals surface area contributed by atoms with Gasteiger partial charge in [-0.2, -0.15) is 0 Å². The molecular weight excluding hydrogens is 266 g/mol. The van der Waals surface area contributed by atoms with E-state index >= 15 is 0 Å². The van der Waals surface area contributed by atoms with E-state index in [0.29, 0.717) is 18.0 Å². The Morgan fingerprint density at radius 1 is 1.29 bits per heavy atom. The first-order chi connectivity index (χ1) is 10.1. The first-order valence-electron chi connectivity index (χ1n) is 6.69. The molecule has 0 saturated carbocycles. The van der Waals surface area contributed by atoms with E-state index in [1.165, 1.54) is 0 Å². The second kappa shape index (κ2) is 6.85. The van der Waals surface area contributed by atoms with Crippen molar-refractivity contribution in [2.24, 2.45) is 5.73 Å². The van der Waals surface area contributed by atoms with Gasteiger partial charge >= 0.3 is 0 Å². The molecule has 110 valence electrons. The SMILES string of the molecule is COc1ccc(CNCc2ccc(C(N)=O)cc2C)cn1. The Balaban J connectivity index is 1.92. The van der Waals surface area contributed by atoms with Crippen molar-refractivity contribution < 1.29 is 9.53 Å². The van der Waals surface area contributed by atoms with Crippen molar-refractivity contribution in [1.29, 1.82) is 0 Å². The lowest BCUT2D eigenvalue weighted by atomic mass is 10.0. The van der Waals surface area contributed by atoms with Crippen molar-refractivity contribution in [2.45, 2.75) is 20.0 Å². The van der Waals surface area contributed by atoms with Crippen molar-refractivity contribution in [3.8, 4) is 5.88 Å². The number of ether oxygens (including phenoxy) is 1. The number of hydrogen-bond donors (Lipinski definition) is 2. The van der Waals surface area contributed by atoms with E-state index in [9.17, 15) is 4.79 Å². The predicted molar refractivity (Wildman–Crippen MR) is 81.0 cm³/mol. The molecule has 0 aliphatic heterocycles. The number of benzene rings is 1. The zero-order valence-electron chi connectivity index (χ0n) is 12.2. The van der Waals surface area contributed by atoms with Gasteiger partial charge in [0.15, 0.2) is 0 Å². The number of hydrogen-bond acceptors (Lipinski definition) is 4. The highest BCUT2D eigenvalue weighted by molar-refractivity contribution is 5.93. The van der Waals surface area contributed by atoms with Crippen molar-refractivity contribution in [3.63, 3.8) is 0 Å². The molecule has 0 bridgehead atoms. The molecule has 0 radical (unpaired) electrons. The summed E-state index contributed by atoms with van der Waals surface area (Å²) < 4.78 is 5.02. The molecule has 0 unspecified atom stereocenters. The van der Waals surface area contributed by atoms with E-state index in [-0.39, 0.29) is 0 Å². The van der Waals surface area contributed by atoms with Gasteiger partial charge in [0.05, 0.1) is 7.11 Å². The van der Waals surface area contributed by atoms with Crippen LogP contribution in [0.2, 0.25) is 0 Å². The van der Waals surface area contributed by atoms with Crippen LogP contribution in [0.25, 0.3) is 0 Å². The number of nitrogens with one attached hydrogen (secondary N) is 1. The Hall–Kier alpha value is -2.40. The first kappa shape index (κ1) is 15.0. The zero-order valence-corrected chi connectivity index (χ0v) is 12.2. The molecule has 2 rings (SSSR count). The minimum absolute atomic E-state index is 0.401. The highest BCUT2D eigenvalue weighted by atomic mass is 16.5. The summed E-state index contributed by atoms with van der Waals surface area (Å²) in [4.78, 5) is 15.3. The van der Waals surface area contributed by atoms with Crippen LogP contribution in [0.5, 0.6) is 5.88 Å². The van der Waals surface area contributed by atoms with Gasteiger partial charge in [-0.25, -0.2) is 4.98 Å². The van der Waals surface area contributed by atoms with E-state index in [4.69, 9.17) is 10.5 Å². The molecule has 0 atom stereocenters. The summed E-state index contributed by atoms with van der Waals surface area (Å²) in [7, 11) is 1.60. The van der Waals surface area contributed by atoms with Gasteiger partial charge in [0.25, 0.3) is 0 Å². The lowest BCUT2D eigenvalue weighted by Gasteiger charge is -2.09. The average Bonchev–Trinajstić information content (AvgIpc) is 2.49. The molecule has 5 nitrogen and oxygen atoms in total. The maximum Gasteiger partial charge on any atom is 0.248 e. The number of rotatable bonds is 6. The van der Waals surface area contributed by atoms with Gasteiger partial charge in [-0.3, -0.25) is 4.79 Å². The van der Waals surface area contributed by atoms with Crippen LogP contribution in [-0.4, -0.2) is 18.0 Å². The Labute approximate surface area is 124 Å². The van der Waals surface area contributed by atoms with Crippen LogP contribution in [0, 0.1) is 6.92 Å². The summed E-state index contributed by atoms with van der Waals surface area (Å²) in [6, 6.07) is 9.30. The number of primary amides is 1. The van der Waals surface area contributed by atoms with Crippen molar-refractivity contribution in [2.75, 3.05) is 7.11 Å². The van der Waals surface area contributed by atoms with Gasteiger partial charge in [-0.05, 0) is 35.7 Å². The number of carbonyl (C=O) groups excluding carboxylic acids is 1. The summed E-state index contributed by atoms with van der Waals surface area (Å²) >= 11 is 0. The van der Waals surface area contributed by atoms with Gasteiger partial charge < -0.3 is 15.8 Å². The van der Waals surface area contributed by atoms with Crippen molar-refractivity contribution in [3.05, 3.63) is 58.8 Å². The van der Waals surface area contributed by atoms with Crippen molar-refractivity contribution in [1.82, 2.24) is 10.3 Å². The highest BCUT2D eigenvalue weighted by Gasteiger charge is 2.04. The minimum atomic E-state index is -0.401. The summed E-state index contributed by atoms with van der Waals surface area (Å²) in [5, 5.41) is 3.35. The molecule has 1 amide bonds. The zero-order chi connectivity index (χ0) is 15.2. The summed E-state index contributed by atoms with van der Waals surface area (Å²) in [6.45, 7) is 3.41. The monoisotopic (exact) mass is 285 g/mol. The van der Waals surface area contributed by atoms with E-state index in [1.807, 2.05) is 31.2 Å². The van der Waals surface area contributed by atoms with E-state index in [1.54, 1.807) is 19.4 Å². The van der Waals surface area contributed by atoms with Gasteiger partial charge in [-0.1, -0.05) is 12.1 Å². The van der Waals surface area contributed by atoms with Crippen LogP contribution < -0.4 is 15.8 Å². The molecule has 1 aromatic heterocycles. The van der Waals surface area contributed by atoms with E-state index in [0.717, 1.165) is 23.2 Å². The molecular formula is C16H19N3O2. The van der Waals surface area contributed by atoms with Gasteiger partial charge in [0.2, 0.25) is 11.8 Å². The second-order valence-corrected chi connectivity index (χ2v) is 4.82. The molecule has 0 fully saturated rings. The number of aromatic nitrogens is 1.